The second kappa shape index (κ2) is 13.2. The number of amides is 2. The number of hydrogen-bond donors (Lipinski definition) is 1. The van der Waals surface area contributed by atoms with Gasteiger partial charge in [0, 0.05) is 29.4 Å². The maximum Gasteiger partial charge on any atom is 0.242 e. The van der Waals surface area contributed by atoms with Gasteiger partial charge in [-0.05, 0) is 67.5 Å². The van der Waals surface area contributed by atoms with Gasteiger partial charge in [0.1, 0.15) is 6.04 Å². The van der Waals surface area contributed by atoms with Gasteiger partial charge in [-0.25, -0.2) is 0 Å². The first kappa shape index (κ1) is 25.9. The topological polar surface area (TPSA) is 49.4 Å². The SMILES string of the molecule is CCNC(=O)C(CC)N(Cc1ccc(Cl)c(Cl)c1)C(=O)CCCSc1ccc(Cl)cc1. The normalized spacial score (nSPS) is 11.8. The lowest BCUT2D eigenvalue weighted by Crippen LogP contribution is -2.49. The molecule has 0 saturated carbocycles. The molecule has 2 aromatic rings. The van der Waals surface area contributed by atoms with Crippen LogP contribution in [0.4, 0.5) is 0 Å². The zero-order valence-electron chi connectivity index (χ0n) is 17.7. The second-order valence-corrected chi connectivity index (χ2v) is 9.41. The van der Waals surface area contributed by atoms with Gasteiger partial charge in [-0.3, -0.25) is 9.59 Å². The lowest BCUT2D eigenvalue weighted by molar-refractivity contribution is -0.141. The van der Waals surface area contributed by atoms with Crippen LogP contribution < -0.4 is 5.32 Å². The van der Waals surface area contributed by atoms with Crippen molar-refractivity contribution in [3.63, 3.8) is 0 Å². The first-order chi connectivity index (χ1) is 14.8. The molecule has 1 atom stereocenters. The predicted molar refractivity (Wildman–Crippen MR) is 131 cm³/mol. The Balaban J connectivity index is 2.06. The van der Waals surface area contributed by atoms with E-state index in [4.69, 9.17) is 34.8 Å². The van der Waals surface area contributed by atoms with E-state index in [-0.39, 0.29) is 11.8 Å². The molecule has 0 heterocycles. The van der Waals surface area contributed by atoms with Crippen LogP contribution in [0.25, 0.3) is 0 Å². The summed E-state index contributed by atoms with van der Waals surface area (Å²) in [7, 11) is 0. The highest BCUT2D eigenvalue weighted by Gasteiger charge is 2.28. The minimum atomic E-state index is -0.536. The van der Waals surface area contributed by atoms with Gasteiger partial charge in [0.2, 0.25) is 11.8 Å². The van der Waals surface area contributed by atoms with Gasteiger partial charge in [-0.1, -0.05) is 47.8 Å². The minimum absolute atomic E-state index is 0.0547. The Morgan fingerprint density at radius 1 is 1.03 bits per heavy atom. The average molecular weight is 502 g/mol. The summed E-state index contributed by atoms with van der Waals surface area (Å²) in [4.78, 5) is 28.5. The van der Waals surface area contributed by atoms with Crippen molar-refractivity contribution < 1.29 is 9.59 Å². The van der Waals surface area contributed by atoms with Gasteiger partial charge >= 0.3 is 0 Å². The summed E-state index contributed by atoms with van der Waals surface area (Å²) in [6, 6.07) is 12.4. The minimum Gasteiger partial charge on any atom is -0.355 e. The maximum absolute atomic E-state index is 13.1. The van der Waals surface area contributed by atoms with Crippen molar-refractivity contribution in [3.8, 4) is 0 Å². The van der Waals surface area contributed by atoms with Crippen LogP contribution in [-0.2, 0) is 16.1 Å². The molecule has 2 rings (SSSR count). The number of thioether (sulfide) groups is 1. The molecule has 0 saturated heterocycles. The van der Waals surface area contributed by atoms with Gasteiger partial charge in [0.05, 0.1) is 10.0 Å². The molecule has 2 amide bonds. The Labute approximate surface area is 203 Å². The highest BCUT2D eigenvalue weighted by molar-refractivity contribution is 7.99. The Bertz CT molecular complexity index is 878. The van der Waals surface area contributed by atoms with E-state index in [1.807, 2.05) is 44.2 Å². The summed E-state index contributed by atoms with van der Waals surface area (Å²) < 4.78 is 0. The molecular weight excluding hydrogens is 475 g/mol. The maximum atomic E-state index is 13.1. The number of carbonyl (C=O) groups excluding carboxylic acids is 2. The Hall–Kier alpha value is -1.40. The molecule has 1 unspecified atom stereocenters. The number of nitrogens with zero attached hydrogens (tertiary/aromatic N) is 1. The summed E-state index contributed by atoms with van der Waals surface area (Å²) in [5.74, 6) is 0.598. The number of benzene rings is 2. The van der Waals surface area contributed by atoms with Crippen LogP contribution in [-0.4, -0.2) is 35.1 Å². The number of halogens is 3. The average Bonchev–Trinajstić information content (AvgIpc) is 2.75. The Kier molecular flexibility index (Phi) is 11.0. The molecular formula is C23H27Cl3N2O2S. The van der Waals surface area contributed by atoms with E-state index in [2.05, 4.69) is 5.32 Å². The fourth-order valence-electron chi connectivity index (χ4n) is 3.13. The molecule has 0 aromatic heterocycles. The van der Waals surface area contributed by atoms with Crippen LogP contribution in [0.1, 0.15) is 38.7 Å². The van der Waals surface area contributed by atoms with E-state index < -0.39 is 6.04 Å². The van der Waals surface area contributed by atoms with Crippen molar-refractivity contribution in [2.75, 3.05) is 12.3 Å². The first-order valence-electron chi connectivity index (χ1n) is 10.2. The fourth-order valence-corrected chi connectivity index (χ4v) is 4.43. The summed E-state index contributed by atoms with van der Waals surface area (Å²) >= 11 is 19.8. The molecule has 0 aliphatic carbocycles. The predicted octanol–water partition coefficient (Wildman–Crippen LogP) is 6.46. The van der Waals surface area contributed by atoms with Crippen LogP contribution in [0.5, 0.6) is 0 Å². The van der Waals surface area contributed by atoms with Crippen LogP contribution >= 0.6 is 46.6 Å². The zero-order chi connectivity index (χ0) is 22.8. The highest BCUT2D eigenvalue weighted by Crippen LogP contribution is 2.25. The lowest BCUT2D eigenvalue weighted by Gasteiger charge is -2.30. The van der Waals surface area contributed by atoms with Gasteiger partial charge in [0.15, 0.2) is 0 Å². The number of rotatable bonds is 11. The van der Waals surface area contributed by atoms with Gasteiger partial charge < -0.3 is 10.2 Å². The third-order valence-corrected chi connectivity index (χ3v) is 6.78. The Morgan fingerprint density at radius 2 is 1.74 bits per heavy atom. The van der Waals surface area contributed by atoms with Gasteiger partial charge in [-0.15, -0.1) is 11.8 Å². The molecule has 0 bridgehead atoms. The van der Waals surface area contributed by atoms with Gasteiger partial charge in [0.25, 0.3) is 0 Å². The number of carbonyl (C=O) groups is 2. The smallest absolute Gasteiger partial charge is 0.242 e. The third kappa shape index (κ3) is 8.23. The van der Waals surface area contributed by atoms with E-state index in [1.54, 1.807) is 28.8 Å². The summed E-state index contributed by atoms with van der Waals surface area (Å²) in [6.45, 7) is 4.59. The van der Waals surface area contributed by atoms with Crippen molar-refractivity contribution in [3.05, 3.63) is 63.1 Å². The van der Waals surface area contributed by atoms with Crippen molar-refractivity contribution in [2.24, 2.45) is 0 Å². The largest absolute Gasteiger partial charge is 0.355 e. The van der Waals surface area contributed by atoms with E-state index in [1.165, 1.54) is 0 Å². The number of hydrogen-bond acceptors (Lipinski definition) is 3. The van der Waals surface area contributed by atoms with Gasteiger partial charge in [-0.2, -0.15) is 0 Å². The van der Waals surface area contributed by atoms with E-state index in [0.29, 0.717) is 47.4 Å². The first-order valence-corrected chi connectivity index (χ1v) is 12.4. The summed E-state index contributed by atoms with van der Waals surface area (Å²) in [5, 5.41) is 4.42. The molecule has 8 heteroatoms. The van der Waals surface area contributed by atoms with Crippen molar-refractivity contribution in [1.29, 1.82) is 0 Å². The van der Waals surface area contributed by atoms with Crippen molar-refractivity contribution in [1.82, 2.24) is 10.2 Å². The second-order valence-electron chi connectivity index (χ2n) is 6.99. The van der Waals surface area contributed by atoms with E-state index in [9.17, 15) is 9.59 Å². The molecule has 168 valence electrons. The fraction of sp³-hybridized carbons (Fsp3) is 0.391. The summed E-state index contributed by atoms with van der Waals surface area (Å²) in [6.07, 6.45) is 1.59. The zero-order valence-corrected chi connectivity index (χ0v) is 20.8. The van der Waals surface area contributed by atoms with E-state index >= 15 is 0 Å². The lowest BCUT2D eigenvalue weighted by atomic mass is 10.1. The molecule has 0 radical (unpaired) electrons. The van der Waals surface area contributed by atoms with Crippen LogP contribution in [0, 0.1) is 0 Å². The van der Waals surface area contributed by atoms with E-state index in [0.717, 1.165) is 16.2 Å². The van der Waals surface area contributed by atoms with Crippen molar-refractivity contribution in [2.45, 2.75) is 50.6 Å². The molecule has 4 nitrogen and oxygen atoms in total. The number of nitrogens with one attached hydrogen (secondary N) is 1. The van der Waals surface area contributed by atoms with Crippen LogP contribution in [0.2, 0.25) is 15.1 Å². The quantitative estimate of drug-likeness (QED) is 0.284. The monoisotopic (exact) mass is 500 g/mol. The Morgan fingerprint density at radius 3 is 2.35 bits per heavy atom. The van der Waals surface area contributed by atoms with Crippen molar-refractivity contribution >= 4 is 58.4 Å². The molecule has 0 spiro atoms. The molecule has 0 aliphatic heterocycles. The molecule has 0 aliphatic rings. The summed E-state index contributed by atoms with van der Waals surface area (Å²) in [5.41, 5.74) is 0.834. The molecule has 31 heavy (non-hydrogen) atoms. The standard InChI is InChI=1S/C23H27Cl3N2O2S/c1-3-21(23(30)27-4-2)28(15-16-7-12-19(25)20(26)14-16)22(29)6-5-13-31-18-10-8-17(24)9-11-18/h7-12,14,21H,3-6,13,15H2,1-2H3,(H,27,30). The molecule has 0 fully saturated rings. The van der Waals surface area contributed by atoms with Crippen LogP contribution in [0.15, 0.2) is 47.4 Å². The van der Waals surface area contributed by atoms with Crippen LogP contribution in [0.3, 0.4) is 0 Å². The third-order valence-electron chi connectivity index (χ3n) is 4.69. The molecule has 1 N–H and O–H groups in total. The molecule has 2 aromatic carbocycles. The number of likely N-dealkylation sites (N-methyl/N-ethyl adjacent to an activating group) is 1. The highest BCUT2D eigenvalue weighted by atomic mass is 35.5.